The molecule has 0 spiro atoms. The molecule has 7 heteroatoms. The van der Waals surface area contributed by atoms with Crippen LogP contribution in [0.15, 0.2) is 24.5 Å². The minimum atomic E-state index is 0.316. The molecule has 0 N–H and O–H groups in total. The standard InChI is InChI=1S/C17H22N6O/c1-4-15-18-10-16-20-13(14-5-6-19-21(14)3)9-17(23(15)16)22-7-8-24-11-12(22)2/h5-6,9-10,12H,4,7-8,11H2,1-3H3/t12-/m1/s1. The minimum Gasteiger partial charge on any atom is -0.377 e. The molecule has 0 aromatic carbocycles. The van der Waals surface area contributed by atoms with Crippen LogP contribution in [0.3, 0.4) is 0 Å². The third-order valence-corrected chi connectivity index (χ3v) is 4.61. The minimum absolute atomic E-state index is 0.316. The number of rotatable bonds is 3. The lowest BCUT2D eigenvalue weighted by Crippen LogP contribution is -2.44. The smallest absolute Gasteiger partial charge is 0.159 e. The summed E-state index contributed by atoms with van der Waals surface area (Å²) in [6, 6.07) is 4.45. The van der Waals surface area contributed by atoms with Crippen molar-refractivity contribution in [2.75, 3.05) is 24.7 Å². The second kappa shape index (κ2) is 5.90. The normalized spacial score (nSPS) is 18.5. The zero-order chi connectivity index (χ0) is 16.7. The molecule has 0 saturated carbocycles. The first-order chi connectivity index (χ1) is 11.7. The number of nitrogens with zero attached hydrogens (tertiary/aromatic N) is 6. The molecule has 1 atom stereocenters. The van der Waals surface area contributed by atoms with E-state index in [2.05, 4.69) is 39.3 Å². The fraction of sp³-hybridized carbons (Fsp3) is 0.471. The third-order valence-electron chi connectivity index (χ3n) is 4.61. The zero-order valence-electron chi connectivity index (χ0n) is 14.3. The van der Waals surface area contributed by atoms with Crippen LogP contribution < -0.4 is 4.90 Å². The van der Waals surface area contributed by atoms with Gasteiger partial charge in [0.1, 0.15) is 11.6 Å². The molecule has 1 aliphatic rings. The van der Waals surface area contributed by atoms with E-state index in [4.69, 9.17) is 9.72 Å². The average Bonchev–Trinajstić information content (AvgIpc) is 3.20. The highest BCUT2D eigenvalue weighted by Gasteiger charge is 2.24. The molecule has 3 aromatic heterocycles. The molecule has 0 bridgehead atoms. The lowest BCUT2D eigenvalue weighted by Gasteiger charge is -2.35. The average molecular weight is 326 g/mol. The Kier molecular flexibility index (Phi) is 3.72. The van der Waals surface area contributed by atoms with Gasteiger partial charge in [0.25, 0.3) is 0 Å². The molecule has 4 rings (SSSR count). The summed E-state index contributed by atoms with van der Waals surface area (Å²) in [4.78, 5) is 11.8. The van der Waals surface area contributed by atoms with Gasteiger partial charge in [-0.25, -0.2) is 9.97 Å². The van der Waals surface area contributed by atoms with E-state index >= 15 is 0 Å². The van der Waals surface area contributed by atoms with E-state index in [-0.39, 0.29) is 0 Å². The van der Waals surface area contributed by atoms with Crippen LogP contribution in [0.25, 0.3) is 17.0 Å². The summed E-state index contributed by atoms with van der Waals surface area (Å²) < 4.78 is 9.63. The van der Waals surface area contributed by atoms with E-state index in [0.717, 1.165) is 54.9 Å². The second-order valence-electron chi connectivity index (χ2n) is 6.18. The summed E-state index contributed by atoms with van der Waals surface area (Å²) in [6.07, 6.45) is 4.52. The van der Waals surface area contributed by atoms with Crippen molar-refractivity contribution in [2.45, 2.75) is 26.3 Å². The molecule has 0 unspecified atom stereocenters. The van der Waals surface area contributed by atoms with Crippen molar-refractivity contribution in [3.8, 4) is 11.4 Å². The van der Waals surface area contributed by atoms with E-state index in [9.17, 15) is 0 Å². The first-order valence-electron chi connectivity index (χ1n) is 8.39. The van der Waals surface area contributed by atoms with Crippen molar-refractivity contribution < 1.29 is 4.74 Å². The van der Waals surface area contributed by atoms with Gasteiger partial charge in [0.2, 0.25) is 0 Å². The fourth-order valence-corrected chi connectivity index (χ4v) is 3.34. The van der Waals surface area contributed by atoms with E-state index in [1.54, 1.807) is 6.20 Å². The monoisotopic (exact) mass is 326 g/mol. The van der Waals surface area contributed by atoms with Crippen LogP contribution in [-0.2, 0) is 18.2 Å². The van der Waals surface area contributed by atoms with Crippen LogP contribution in [0, 0.1) is 0 Å². The number of anilines is 1. The van der Waals surface area contributed by atoms with Gasteiger partial charge in [-0.1, -0.05) is 6.92 Å². The molecule has 7 nitrogen and oxygen atoms in total. The maximum absolute atomic E-state index is 5.61. The number of aryl methyl sites for hydroxylation is 2. The van der Waals surface area contributed by atoms with E-state index in [1.807, 2.05) is 24.0 Å². The SMILES string of the molecule is CCc1ncc2nc(-c3ccnn3C)cc(N3CCOC[C@H]3C)n12. The van der Waals surface area contributed by atoms with E-state index in [1.165, 1.54) is 0 Å². The van der Waals surface area contributed by atoms with Gasteiger partial charge in [0.15, 0.2) is 5.65 Å². The molecule has 1 saturated heterocycles. The lowest BCUT2D eigenvalue weighted by atomic mass is 10.2. The van der Waals surface area contributed by atoms with Crippen LogP contribution in [0.2, 0.25) is 0 Å². The predicted molar refractivity (Wildman–Crippen MR) is 92.2 cm³/mol. The summed E-state index contributed by atoms with van der Waals surface area (Å²) in [5.74, 6) is 2.16. The molecule has 3 aromatic rings. The molecule has 0 aliphatic carbocycles. The molecular weight excluding hydrogens is 304 g/mol. The van der Waals surface area contributed by atoms with Crippen molar-refractivity contribution in [3.05, 3.63) is 30.4 Å². The molecule has 126 valence electrons. The largest absolute Gasteiger partial charge is 0.377 e. The van der Waals surface area contributed by atoms with Crippen molar-refractivity contribution >= 4 is 11.5 Å². The molecule has 24 heavy (non-hydrogen) atoms. The van der Waals surface area contributed by atoms with Crippen LogP contribution in [0.1, 0.15) is 19.7 Å². The third kappa shape index (κ3) is 2.36. The number of hydrogen-bond donors (Lipinski definition) is 0. The lowest BCUT2D eigenvalue weighted by molar-refractivity contribution is 0.0984. The number of morpholine rings is 1. The molecule has 1 fully saturated rings. The highest BCUT2D eigenvalue weighted by molar-refractivity contribution is 5.65. The van der Waals surface area contributed by atoms with Crippen LogP contribution in [-0.4, -0.2) is 49.9 Å². The zero-order valence-corrected chi connectivity index (χ0v) is 14.3. The van der Waals surface area contributed by atoms with E-state index in [0.29, 0.717) is 6.04 Å². The first kappa shape index (κ1) is 15.1. The van der Waals surface area contributed by atoms with Gasteiger partial charge in [-0.2, -0.15) is 5.10 Å². The summed E-state index contributed by atoms with van der Waals surface area (Å²) >= 11 is 0. The first-order valence-corrected chi connectivity index (χ1v) is 8.39. The number of aromatic nitrogens is 5. The molecule has 0 radical (unpaired) electrons. The summed E-state index contributed by atoms with van der Waals surface area (Å²) in [6.45, 7) is 6.66. The molecular formula is C17H22N6O. The Hall–Kier alpha value is -2.41. The number of ether oxygens (including phenoxy) is 1. The van der Waals surface area contributed by atoms with Crippen LogP contribution in [0.4, 0.5) is 5.82 Å². The molecule has 4 heterocycles. The summed E-state index contributed by atoms with van der Waals surface area (Å²) in [5, 5.41) is 4.27. The Balaban J connectivity index is 1.94. The van der Waals surface area contributed by atoms with Gasteiger partial charge >= 0.3 is 0 Å². The van der Waals surface area contributed by atoms with Gasteiger partial charge < -0.3 is 9.64 Å². The Morgan fingerprint density at radius 1 is 1.38 bits per heavy atom. The van der Waals surface area contributed by atoms with Crippen molar-refractivity contribution in [2.24, 2.45) is 7.05 Å². The maximum atomic E-state index is 5.61. The number of fused-ring (bicyclic) bond motifs is 1. The highest BCUT2D eigenvalue weighted by atomic mass is 16.5. The predicted octanol–water partition coefficient (Wildman–Crippen LogP) is 1.92. The van der Waals surface area contributed by atoms with E-state index < -0.39 is 0 Å². The van der Waals surface area contributed by atoms with Crippen LogP contribution in [0.5, 0.6) is 0 Å². The Bertz CT molecular complexity index is 867. The maximum Gasteiger partial charge on any atom is 0.159 e. The van der Waals surface area contributed by atoms with Gasteiger partial charge in [0, 0.05) is 32.3 Å². The summed E-state index contributed by atoms with van der Waals surface area (Å²) in [5.41, 5.74) is 2.79. The van der Waals surface area contributed by atoms with Gasteiger partial charge in [-0.3, -0.25) is 9.08 Å². The fourth-order valence-electron chi connectivity index (χ4n) is 3.34. The Morgan fingerprint density at radius 3 is 2.96 bits per heavy atom. The van der Waals surface area contributed by atoms with Gasteiger partial charge in [-0.15, -0.1) is 0 Å². The van der Waals surface area contributed by atoms with Gasteiger partial charge in [-0.05, 0) is 13.0 Å². The number of imidazole rings is 1. The second-order valence-corrected chi connectivity index (χ2v) is 6.18. The van der Waals surface area contributed by atoms with Gasteiger partial charge in [0.05, 0.1) is 36.8 Å². The molecule has 0 amide bonds. The highest BCUT2D eigenvalue weighted by Crippen LogP contribution is 2.28. The summed E-state index contributed by atoms with van der Waals surface area (Å²) in [7, 11) is 1.94. The van der Waals surface area contributed by atoms with Crippen LogP contribution >= 0.6 is 0 Å². The van der Waals surface area contributed by atoms with Crippen molar-refractivity contribution in [3.63, 3.8) is 0 Å². The Morgan fingerprint density at radius 2 is 2.25 bits per heavy atom. The topological polar surface area (TPSA) is 60.5 Å². The number of hydrogen-bond acceptors (Lipinski definition) is 5. The van der Waals surface area contributed by atoms with Crippen molar-refractivity contribution in [1.82, 2.24) is 24.1 Å². The Labute approximate surface area is 140 Å². The quantitative estimate of drug-likeness (QED) is 0.736. The van der Waals surface area contributed by atoms with Crippen molar-refractivity contribution in [1.29, 1.82) is 0 Å². The molecule has 1 aliphatic heterocycles.